The molecule has 20 heavy (non-hydrogen) atoms. The van der Waals surface area contributed by atoms with Gasteiger partial charge in [-0.05, 0) is 26.2 Å². The van der Waals surface area contributed by atoms with Crippen LogP contribution in [0.2, 0.25) is 0 Å². The molecule has 0 aromatic carbocycles. The number of carboxylic acid groups (broad SMARTS) is 1. The number of aromatic nitrogens is 2. The lowest BCUT2D eigenvalue weighted by molar-refractivity contribution is -0.141. The number of nitrogens with zero attached hydrogens (tertiary/aromatic N) is 1. The summed E-state index contributed by atoms with van der Waals surface area (Å²) in [4.78, 5) is 36.4. The van der Waals surface area contributed by atoms with Gasteiger partial charge in [-0.3, -0.25) is 19.5 Å². The number of carbonyl (C=O) groups is 2. The molecule has 7 nitrogen and oxygen atoms in total. The van der Waals surface area contributed by atoms with Crippen LogP contribution in [-0.2, 0) is 16.0 Å². The highest BCUT2D eigenvalue weighted by molar-refractivity contribution is 5.80. The molecular weight excluding hydrogens is 262 g/mol. The summed E-state index contributed by atoms with van der Waals surface area (Å²) >= 11 is 0. The molecule has 3 N–H and O–H groups in total. The standard InChI is InChI=1S/C13H19N3O4/c1-8-10(13(20)15-14-8)7-11(17)16-5-3-2-4-9(16)6-12(18)19/h9H,2-7H2,1H3,(H,18,19)(H2,14,15,20)/t9-/m1/s1. The van der Waals surface area contributed by atoms with E-state index < -0.39 is 5.97 Å². The molecule has 1 aliphatic rings. The molecule has 1 amide bonds. The van der Waals surface area contributed by atoms with E-state index in [1.807, 2.05) is 0 Å². The zero-order chi connectivity index (χ0) is 14.7. The largest absolute Gasteiger partial charge is 0.481 e. The maximum atomic E-state index is 12.3. The highest BCUT2D eigenvalue weighted by Gasteiger charge is 2.29. The third-order valence-electron chi connectivity index (χ3n) is 3.78. The highest BCUT2D eigenvalue weighted by atomic mass is 16.4. The van der Waals surface area contributed by atoms with Crippen LogP contribution in [0.25, 0.3) is 0 Å². The molecule has 0 bridgehead atoms. The van der Waals surface area contributed by atoms with Gasteiger partial charge in [-0.25, -0.2) is 0 Å². The number of aryl methyl sites for hydroxylation is 1. The summed E-state index contributed by atoms with van der Waals surface area (Å²) in [7, 11) is 0. The van der Waals surface area contributed by atoms with E-state index in [0.717, 1.165) is 12.8 Å². The number of amides is 1. The second kappa shape index (κ2) is 5.94. The van der Waals surface area contributed by atoms with Gasteiger partial charge in [0.05, 0.1) is 12.8 Å². The molecule has 1 aromatic heterocycles. The van der Waals surface area contributed by atoms with E-state index in [-0.39, 0.29) is 30.3 Å². The predicted molar refractivity (Wildman–Crippen MR) is 71.5 cm³/mol. The second-order valence-corrected chi connectivity index (χ2v) is 5.19. The molecule has 0 radical (unpaired) electrons. The van der Waals surface area contributed by atoms with Crippen LogP contribution >= 0.6 is 0 Å². The first-order valence-corrected chi connectivity index (χ1v) is 6.76. The van der Waals surface area contributed by atoms with Gasteiger partial charge in [0.1, 0.15) is 0 Å². The molecular formula is C13H19N3O4. The SMILES string of the molecule is Cc1[nH][nH]c(=O)c1CC(=O)N1CCCC[C@@H]1CC(=O)O. The Balaban J connectivity index is 2.10. The lowest BCUT2D eigenvalue weighted by Crippen LogP contribution is -2.45. The van der Waals surface area contributed by atoms with Crippen molar-refractivity contribution in [2.45, 2.75) is 45.1 Å². The van der Waals surface area contributed by atoms with Crippen LogP contribution in [0.3, 0.4) is 0 Å². The van der Waals surface area contributed by atoms with Gasteiger partial charge in [0.25, 0.3) is 5.56 Å². The second-order valence-electron chi connectivity index (χ2n) is 5.19. The smallest absolute Gasteiger partial charge is 0.305 e. The summed E-state index contributed by atoms with van der Waals surface area (Å²) in [6.45, 7) is 2.30. The topological polar surface area (TPSA) is 106 Å². The maximum Gasteiger partial charge on any atom is 0.305 e. The van der Waals surface area contributed by atoms with Gasteiger partial charge in [0, 0.05) is 23.8 Å². The maximum absolute atomic E-state index is 12.3. The number of carbonyl (C=O) groups excluding carboxylic acids is 1. The number of nitrogens with one attached hydrogen (secondary N) is 2. The van der Waals surface area contributed by atoms with Crippen molar-refractivity contribution in [3.8, 4) is 0 Å². The molecule has 0 unspecified atom stereocenters. The molecule has 2 rings (SSSR count). The van der Waals surface area contributed by atoms with Crippen molar-refractivity contribution in [3.63, 3.8) is 0 Å². The van der Waals surface area contributed by atoms with Gasteiger partial charge >= 0.3 is 5.97 Å². The Kier molecular flexibility index (Phi) is 4.26. The molecule has 1 atom stereocenters. The van der Waals surface area contributed by atoms with Crippen molar-refractivity contribution in [1.29, 1.82) is 0 Å². The monoisotopic (exact) mass is 281 g/mol. The summed E-state index contributed by atoms with van der Waals surface area (Å²) in [5.41, 5.74) is 0.785. The summed E-state index contributed by atoms with van der Waals surface area (Å²) < 4.78 is 0. The molecule has 0 spiro atoms. The van der Waals surface area contributed by atoms with Gasteiger partial charge in [0.2, 0.25) is 5.91 Å². The molecule has 2 heterocycles. The molecule has 1 aliphatic heterocycles. The minimum Gasteiger partial charge on any atom is -0.481 e. The number of likely N-dealkylation sites (tertiary alicyclic amines) is 1. The average Bonchev–Trinajstić information content (AvgIpc) is 2.70. The fourth-order valence-electron chi connectivity index (χ4n) is 2.68. The van der Waals surface area contributed by atoms with Crippen LogP contribution in [0.4, 0.5) is 0 Å². The average molecular weight is 281 g/mol. The number of aliphatic carboxylic acids is 1. The van der Waals surface area contributed by atoms with E-state index in [1.165, 1.54) is 0 Å². The Morgan fingerprint density at radius 2 is 2.10 bits per heavy atom. The van der Waals surface area contributed by atoms with Crippen LogP contribution in [0.5, 0.6) is 0 Å². The number of H-pyrrole nitrogens is 2. The zero-order valence-corrected chi connectivity index (χ0v) is 11.4. The molecule has 1 saturated heterocycles. The van der Waals surface area contributed by atoms with Crippen LogP contribution in [0, 0.1) is 6.92 Å². The third kappa shape index (κ3) is 3.09. The van der Waals surface area contributed by atoms with Crippen molar-refractivity contribution < 1.29 is 14.7 Å². The number of hydrogen-bond acceptors (Lipinski definition) is 3. The molecule has 110 valence electrons. The van der Waals surface area contributed by atoms with Gasteiger partial charge in [-0.1, -0.05) is 0 Å². The van der Waals surface area contributed by atoms with E-state index in [2.05, 4.69) is 10.2 Å². The predicted octanol–water partition coefficient (Wildman–Crippen LogP) is 0.410. The number of rotatable bonds is 4. The van der Waals surface area contributed by atoms with Crippen LogP contribution in [-0.4, -0.2) is 44.7 Å². The van der Waals surface area contributed by atoms with Gasteiger partial charge < -0.3 is 15.1 Å². The van der Waals surface area contributed by atoms with Crippen LogP contribution in [0.15, 0.2) is 4.79 Å². The Hall–Kier alpha value is -2.05. The molecule has 7 heteroatoms. The van der Waals surface area contributed by atoms with E-state index in [1.54, 1.807) is 11.8 Å². The molecule has 1 fully saturated rings. The van der Waals surface area contributed by atoms with Gasteiger partial charge in [0.15, 0.2) is 0 Å². The lowest BCUT2D eigenvalue weighted by atomic mass is 9.98. The highest BCUT2D eigenvalue weighted by Crippen LogP contribution is 2.20. The first-order chi connectivity index (χ1) is 9.49. The van der Waals surface area contributed by atoms with Crippen LogP contribution in [0.1, 0.15) is 36.9 Å². The first kappa shape index (κ1) is 14.4. The molecule has 0 saturated carbocycles. The Labute approximate surface area is 116 Å². The number of hydrogen-bond donors (Lipinski definition) is 3. The van der Waals surface area contributed by atoms with Crippen molar-refractivity contribution in [3.05, 3.63) is 21.6 Å². The first-order valence-electron chi connectivity index (χ1n) is 6.76. The third-order valence-corrected chi connectivity index (χ3v) is 3.78. The lowest BCUT2D eigenvalue weighted by Gasteiger charge is -2.35. The van der Waals surface area contributed by atoms with Crippen molar-refractivity contribution >= 4 is 11.9 Å². The summed E-state index contributed by atoms with van der Waals surface area (Å²) in [6.07, 6.45) is 2.51. The van der Waals surface area contributed by atoms with Gasteiger partial charge in [-0.15, -0.1) is 0 Å². The quantitative estimate of drug-likeness (QED) is 0.743. The van der Waals surface area contributed by atoms with E-state index in [4.69, 9.17) is 5.11 Å². The Bertz CT molecular complexity index is 560. The summed E-state index contributed by atoms with van der Waals surface area (Å²) in [6, 6.07) is -0.257. The van der Waals surface area contributed by atoms with Crippen LogP contribution < -0.4 is 5.56 Å². The number of aromatic amines is 2. The zero-order valence-electron chi connectivity index (χ0n) is 11.4. The van der Waals surface area contributed by atoms with Crippen molar-refractivity contribution in [1.82, 2.24) is 15.1 Å². The summed E-state index contributed by atoms with van der Waals surface area (Å²) in [5, 5.41) is 14.0. The molecule has 1 aromatic rings. The normalized spacial score (nSPS) is 19.1. The number of carboxylic acids is 1. The Morgan fingerprint density at radius 1 is 1.35 bits per heavy atom. The number of piperidine rings is 1. The van der Waals surface area contributed by atoms with E-state index >= 15 is 0 Å². The van der Waals surface area contributed by atoms with Crippen molar-refractivity contribution in [2.24, 2.45) is 0 Å². The van der Waals surface area contributed by atoms with E-state index in [0.29, 0.717) is 24.2 Å². The Morgan fingerprint density at radius 3 is 2.70 bits per heavy atom. The minimum absolute atomic E-state index is 0.0147. The fraction of sp³-hybridized carbons (Fsp3) is 0.615. The minimum atomic E-state index is -0.898. The molecule has 0 aliphatic carbocycles. The van der Waals surface area contributed by atoms with E-state index in [9.17, 15) is 14.4 Å². The van der Waals surface area contributed by atoms with Gasteiger partial charge in [-0.2, -0.15) is 0 Å². The summed E-state index contributed by atoms with van der Waals surface area (Å²) in [5.74, 6) is -1.07. The fourth-order valence-corrected chi connectivity index (χ4v) is 2.68. The van der Waals surface area contributed by atoms with Crippen molar-refractivity contribution in [2.75, 3.05) is 6.54 Å².